The lowest BCUT2D eigenvalue weighted by Gasteiger charge is -2.15. The normalized spacial score (nSPS) is 17.9. The minimum absolute atomic E-state index is 0.0472. The average Bonchev–Trinajstić information content (AvgIpc) is 3.02. The first-order valence-corrected chi connectivity index (χ1v) is 10.5. The summed E-state index contributed by atoms with van der Waals surface area (Å²) in [6, 6.07) is 12.5. The number of hydrogen-bond acceptors (Lipinski definition) is 4. The van der Waals surface area contributed by atoms with Crippen molar-refractivity contribution in [3.05, 3.63) is 63.6 Å². The quantitative estimate of drug-likeness (QED) is 0.652. The summed E-state index contributed by atoms with van der Waals surface area (Å²) in [6.45, 7) is 8.47. The van der Waals surface area contributed by atoms with E-state index in [1.165, 1.54) is 17.3 Å². The van der Waals surface area contributed by atoms with Crippen molar-refractivity contribution < 1.29 is 9.53 Å². The molecule has 0 radical (unpaired) electrons. The van der Waals surface area contributed by atoms with Gasteiger partial charge in [0, 0.05) is 5.69 Å². The van der Waals surface area contributed by atoms with Crippen LogP contribution in [0.1, 0.15) is 48.9 Å². The highest BCUT2D eigenvalue weighted by Crippen LogP contribution is 2.34. The van der Waals surface area contributed by atoms with Gasteiger partial charge in [-0.3, -0.25) is 4.79 Å². The minimum Gasteiger partial charge on any atom is -0.496 e. The van der Waals surface area contributed by atoms with Crippen LogP contribution in [0.5, 0.6) is 5.75 Å². The monoisotopic (exact) mass is 396 g/mol. The van der Waals surface area contributed by atoms with Gasteiger partial charge in [0.25, 0.3) is 5.91 Å². The second-order valence-electron chi connectivity index (χ2n) is 7.28. The minimum atomic E-state index is -0.172. The van der Waals surface area contributed by atoms with E-state index in [9.17, 15) is 4.79 Å². The van der Waals surface area contributed by atoms with Gasteiger partial charge >= 0.3 is 0 Å². The topological polar surface area (TPSA) is 50.4 Å². The predicted molar refractivity (Wildman–Crippen MR) is 119 cm³/mol. The van der Waals surface area contributed by atoms with Crippen LogP contribution in [0, 0.1) is 6.92 Å². The predicted octanol–water partition coefficient (Wildman–Crippen LogP) is 5.29. The van der Waals surface area contributed by atoms with Crippen LogP contribution in [0.2, 0.25) is 0 Å². The Balaban J connectivity index is 1.79. The molecular formula is C23H28N2O2S. The summed E-state index contributed by atoms with van der Waals surface area (Å²) in [5.41, 5.74) is 5.41. The zero-order chi connectivity index (χ0) is 20.3. The van der Waals surface area contributed by atoms with Crippen molar-refractivity contribution in [1.29, 1.82) is 0 Å². The Bertz CT molecular complexity index is 888. The number of carbonyl (C=O) groups is 1. The molecule has 1 aliphatic rings. The van der Waals surface area contributed by atoms with Crippen molar-refractivity contribution in [3.8, 4) is 5.75 Å². The number of amides is 1. The molecular weight excluding hydrogens is 368 g/mol. The number of benzene rings is 2. The molecule has 1 heterocycles. The van der Waals surface area contributed by atoms with E-state index in [2.05, 4.69) is 61.7 Å². The summed E-state index contributed by atoms with van der Waals surface area (Å²) >= 11 is 1.51. The number of hydrogen-bond donors (Lipinski definition) is 2. The highest BCUT2D eigenvalue weighted by Gasteiger charge is 2.27. The van der Waals surface area contributed by atoms with Crippen molar-refractivity contribution in [2.45, 2.75) is 45.5 Å². The second kappa shape index (κ2) is 8.74. The van der Waals surface area contributed by atoms with Crippen molar-refractivity contribution in [2.24, 2.45) is 0 Å². The van der Waals surface area contributed by atoms with Crippen LogP contribution in [0.4, 0.5) is 5.69 Å². The first kappa shape index (κ1) is 20.3. The van der Waals surface area contributed by atoms with Crippen molar-refractivity contribution in [2.75, 3.05) is 12.4 Å². The molecule has 0 bridgehead atoms. The largest absolute Gasteiger partial charge is 0.496 e. The molecule has 0 aliphatic carbocycles. The van der Waals surface area contributed by atoms with Crippen LogP contribution in [-0.4, -0.2) is 18.5 Å². The van der Waals surface area contributed by atoms with Gasteiger partial charge in [0.05, 0.1) is 12.0 Å². The Labute approximate surface area is 171 Å². The van der Waals surface area contributed by atoms with Crippen LogP contribution in [0.25, 0.3) is 6.08 Å². The molecule has 1 fully saturated rings. The number of carbonyl (C=O) groups excluding carboxylic acids is 1. The number of thioether (sulfide) groups is 1. The lowest BCUT2D eigenvalue weighted by molar-refractivity contribution is -0.116. The number of rotatable bonds is 6. The summed E-state index contributed by atoms with van der Waals surface area (Å²) < 4.78 is 5.52. The fourth-order valence-corrected chi connectivity index (χ4v) is 4.17. The Hall–Kier alpha value is -2.40. The Morgan fingerprint density at radius 1 is 1.25 bits per heavy atom. The van der Waals surface area contributed by atoms with Gasteiger partial charge in [0.15, 0.2) is 5.50 Å². The molecule has 1 saturated heterocycles. The summed E-state index contributed by atoms with van der Waals surface area (Å²) in [7, 11) is 1.70. The number of nitrogens with one attached hydrogen (secondary N) is 2. The fourth-order valence-electron chi connectivity index (χ4n) is 3.19. The molecule has 2 aromatic rings. The van der Waals surface area contributed by atoms with Crippen LogP contribution in [0.15, 0.2) is 41.3 Å². The number of anilines is 1. The molecule has 1 atom stereocenters. The van der Waals surface area contributed by atoms with Gasteiger partial charge in [-0.2, -0.15) is 0 Å². The average molecular weight is 397 g/mol. The van der Waals surface area contributed by atoms with Crippen molar-refractivity contribution in [3.63, 3.8) is 0 Å². The highest BCUT2D eigenvalue weighted by atomic mass is 32.2. The zero-order valence-corrected chi connectivity index (χ0v) is 17.9. The molecule has 28 heavy (non-hydrogen) atoms. The smallest absolute Gasteiger partial charge is 0.260 e. The molecule has 0 saturated carbocycles. The number of ether oxygens (including phenoxy) is 1. The standard InChI is InChI=1S/C23H28N2O2S/c1-6-16-7-9-18(10-8-16)24-23-25-22(26)21(28-23)13-17-12-19(14(2)3)20(27-5)11-15(17)4/h7-14,23-24H,6H2,1-5H3,(H,25,26)/b21-13-/t23-/m1/s1. The summed E-state index contributed by atoms with van der Waals surface area (Å²) in [4.78, 5) is 13.2. The van der Waals surface area contributed by atoms with E-state index in [4.69, 9.17) is 4.74 Å². The van der Waals surface area contributed by atoms with Crippen molar-refractivity contribution in [1.82, 2.24) is 5.32 Å². The molecule has 0 unspecified atom stereocenters. The molecule has 0 spiro atoms. The van der Waals surface area contributed by atoms with Crippen LogP contribution in [-0.2, 0) is 11.2 Å². The Morgan fingerprint density at radius 3 is 2.57 bits per heavy atom. The van der Waals surface area contributed by atoms with Crippen LogP contribution >= 0.6 is 11.8 Å². The third kappa shape index (κ3) is 4.53. The van der Waals surface area contributed by atoms with E-state index in [-0.39, 0.29) is 11.4 Å². The van der Waals surface area contributed by atoms with Gasteiger partial charge in [-0.15, -0.1) is 0 Å². The third-order valence-electron chi connectivity index (χ3n) is 4.92. The summed E-state index contributed by atoms with van der Waals surface area (Å²) in [5.74, 6) is 1.19. The van der Waals surface area contributed by atoms with Gasteiger partial charge in [-0.25, -0.2) is 0 Å². The number of aryl methyl sites for hydroxylation is 2. The molecule has 2 aromatic carbocycles. The molecule has 1 amide bonds. The number of methoxy groups -OCH3 is 1. The summed E-state index contributed by atoms with van der Waals surface area (Å²) in [6.07, 6.45) is 2.99. The molecule has 148 valence electrons. The van der Waals surface area contributed by atoms with Gasteiger partial charge < -0.3 is 15.4 Å². The lowest BCUT2D eigenvalue weighted by atomic mass is 9.96. The van der Waals surface area contributed by atoms with Crippen molar-refractivity contribution >= 4 is 29.4 Å². The van der Waals surface area contributed by atoms with E-state index >= 15 is 0 Å². The maximum absolute atomic E-state index is 12.5. The first-order valence-electron chi connectivity index (χ1n) is 9.64. The van der Waals surface area contributed by atoms with E-state index in [1.807, 2.05) is 19.1 Å². The molecule has 2 N–H and O–H groups in total. The zero-order valence-electron chi connectivity index (χ0n) is 17.1. The van der Waals surface area contributed by atoms with Gasteiger partial charge in [0.2, 0.25) is 0 Å². The second-order valence-corrected chi connectivity index (χ2v) is 8.43. The third-order valence-corrected chi connectivity index (χ3v) is 5.95. The van der Waals surface area contributed by atoms with Gasteiger partial charge in [-0.05, 0) is 71.9 Å². The maximum Gasteiger partial charge on any atom is 0.260 e. The van der Waals surface area contributed by atoms with E-state index in [0.717, 1.165) is 34.5 Å². The molecule has 1 aliphatic heterocycles. The molecule has 0 aromatic heterocycles. The van der Waals surface area contributed by atoms with Crippen LogP contribution in [0.3, 0.4) is 0 Å². The summed E-state index contributed by atoms with van der Waals surface area (Å²) in [5, 5.41) is 6.37. The SMILES string of the molecule is CCc1ccc(N[C@@H]2NC(=O)/C(=C/c3cc(C(C)C)c(OC)cc3C)S2)cc1. The Kier molecular flexibility index (Phi) is 6.35. The molecule has 3 rings (SSSR count). The first-order chi connectivity index (χ1) is 13.4. The fraction of sp³-hybridized carbons (Fsp3) is 0.348. The molecule has 4 nitrogen and oxygen atoms in total. The van der Waals surface area contributed by atoms with Gasteiger partial charge in [-0.1, -0.05) is 44.7 Å². The van der Waals surface area contributed by atoms with E-state index in [1.54, 1.807) is 7.11 Å². The van der Waals surface area contributed by atoms with E-state index in [0.29, 0.717) is 10.8 Å². The van der Waals surface area contributed by atoms with Crippen LogP contribution < -0.4 is 15.4 Å². The Morgan fingerprint density at radius 2 is 1.96 bits per heavy atom. The highest BCUT2D eigenvalue weighted by molar-refractivity contribution is 8.05. The van der Waals surface area contributed by atoms with Gasteiger partial charge in [0.1, 0.15) is 5.75 Å². The maximum atomic E-state index is 12.5. The van der Waals surface area contributed by atoms with E-state index < -0.39 is 0 Å². The molecule has 5 heteroatoms. The lowest BCUT2D eigenvalue weighted by Crippen LogP contribution is -2.30.